The van der Waals surface area contributed by atoms with Crippen LogP contribution in [-0.4, -0.2) is 18.6 Å². The Balaban J connectivity index is 2.37. The molecule has 18 heavy (non-hydrogen) atoms. The molecular weight excluding hydrogens is 319 g/mol. The summed E-state index contributed by atoms with van der Waals surface area (Å²) in [5.74, 6) is 0. The maximum atomic E-state index is 11.9. The molecule has 1 aromatic carbocycles. The highest BCUT2D eigenvalue weighted by molar-refractivity contribution is 7.94. The van der Waals surface area contributed by atoms with Gasteiger partial charge in [-0.1, -0.05) is 40.6 Å². The van der Waals surface area contributed by atoms with Crippen LogP contribution in [-0.2, 0) is 10.0 Å². The van der Waals surface area contributed by atoms with Crippen LogP contribution in [0.5, 0.6) is 0 Å². The lowest BCUT2D eigenvalue weighted by Crippen LogP contribution is -2.13. The third-order valence-electron chi connectivity index (χ3n) is 1.85. The second kappa shape index (κ2) is 4.88. The number of anilines is 2. The van der Waals surface area contributed by atoms with Crippen molar-refractivity contribution in [3.63, 3.8) is 0 Å². The van der Waals surface area contributed by atoms with E-state index in [1.165, 1.54) is 6.07 Å². The van der Waals surface area contributed by atoms with Gasteiger partial charge in [0.05, 0.1) is 15.7 Å². The quantitative estimate of drug-likeness (QED) is 0.902. The van der Waals surface area contributed by atoms with Crippen LogP contribution in [0.2, 0.25) is 10.0 Å². The van der Waals surface area contributed by atoms with Gasteiger partial charge in [-0.15, -0.1) is 10.2 Å². The largest absolute Gasteiger partial charge is 0.374 e. The van der Waals surface area contributed by atoms with Gasteiger partial charge in [0.25, 0.3) is 14.4 Å². The highest BCUT2D eigenvalue weighted by atomic mass is 35.5. The lowest BCUT2D eigenvalue weighted by Gasteiger charge is -2.07. The number of hydrogen-bond donors (Lipinski definition) is 2. The number of nitrogen functional groups attached to an aromatic ring is 1. The Morgan fingerprint density at radius 1 is 1.28 bits per heavy atom. The van der Waals surface area contributed by atoms with Crippen molar-refractivity contribution in [3.05, 3.63) is 28.2 Å². The summed E-state index contributed by atoms with van der Waals surface area (Å²) in [6.45, 7) is 0. The van der Waals surface area contributed by atoms with E-state index in [1.807, 2.05) is 0 Å². The van der Waals surface area contributed by atoms with Crippen molar-refractivity contribution >= 4 is 55.4 Å². The Hall–Kier alpha value is -1.09. The van der Waals surface area contributed by atoms with Crippen LogP contribution >= 0.6 is 34.5 Å². The summed E-state index contributed by atoms with van der Waals surface area (Å²) in [6, 6.07) is 4.60. The normalized spacial score (nSPS) is 11.4. The van der Waals surface area contributed by atoms with Crippen molar-refractivity contribution in [2.24, 2.45) is 0 Å². The first-order chi connectivity index (χ1) is 8.40. The lowest BCUT2D eigenvalue weighted by atomic mass is 10.3. The Bertz CT molecular complexity index is 686. The predicted octanol–water partition coefficient (Wildman–Crippen LogP) is 2.23. The number of nitrogens with one attached hydrogen (secondary N) is 1. The van der Waals surface area contributed by atoms with E-state index >= 15 is 0 Å². The first-order valence-electron chi connectivity index (χ1n) is 4.46. The number of rotatable bonds is 3. The van der Waals surface area contributed by atoms with E-state index in [0.29, 0.717) is 0 Å². The fourth-order valence-electron chi connectivity index (χ4n) is 1.10. The molecule has 0 bridgehead atoms. The third kappa shape index (κ3) is 2.66. The highest BCUT2D eigenvalue weighted by Gasteiger charge is 2.21. The van der Waals surface area contributed by atoms with Crippen LogP contribution < -0.4 is 10.5 Å². The molecule has 10 heteroatoms. The van der Waals surface area contributed by atoms with Crippen LogP contribution in [0.4, 0.5) is 10.8 Å². The molecule has 96 valence electrons. The Labute approximate surface area is 117 Å². The van der Waals surface area contributed by atoms with Crippen molar-refractivity contribution < 1.29 is 8.42 Å². The molecule has 0 aliphatic rings. The number of halogens is 2. The van der Waals surface area contributed by atoms with Gasteiger partial charge in [-0.3, -0.25) is 4.72 Å². The van der Waals surface area contributed by atoms with Gasteiger partial charge < -0.3 is 5.73 Å². The Morgan fingerprint density at radius 2 is 2.00 bits per heavy atom. The summed E-state index contributed by atoms with van der Waals surface area (Å²) < 4.78 is 25.9. The maximum Gasteiger partial charge on any atom is 0.291 e. The first-order valence-corrected chi connectivity index (χ1v) is 7.51. The smallest absolute Gasteiger partial charge is 0.291 e. The number of nitrogens with two attached hydrogens (primary N) is 1. The molecule has 0 saturated carbocycles. The van der Waals surface area contributed by atoms with Crippen LogP contribution in [0.25, 0.3) is 0 Å². The summed E-state index contributed by atoms with van der Waals surface area (Å²) in [4.78, 5) is 0. The van der Waals surface area contributed by atoms with Gasteiger partial charge in [-0.05, 0) is 12.1 Å². The van der Waals surface area contributed by atoms with E-state index in [9.17, 15) is 8.42 Å². The number of aromatic nitrogens is 2. The van der Waals surface area contributed by atoms with Gasteiger partial charge in [0.2, 0.25) is 5.13 Å². The second-order valence-electron chi connectivity index (χ2n) is 3.11. The molecular formula is C8H6Cl2N4O2S2. The summed E-state index contributed by atoms with van der Waals surface area (Å²) in [6.07, 6.45) is 0. The van der Waals surface area contributed by atoms with Gasteiger partial charge in [0, 0.05) is 0 Å². The standard InChI is InChI=1S/C8H6Cl2N4O2S2/c9-4-2-1-3-5(6(4)10)14-18(15,16)8-13-12-7(11)17-8/h1-3,14H,(H2,11,12). The number of sulfonamides is 1. The molecule has 0 spiro atoms. The number of nitrogens with zero attached hydrogens (tertiary/aromatic N) is 2. The molecule has 0 saturated heterocycles. The molecule has 0 aliphatic heterocycles. The van der Waals surface area contributed by atoms with E-state index < -0.39 is 10.0 Å². The molecule has 0 fully saturated rings. The van der Waals surface area contributed by atoms with Crippen LogP contribution in [0, 0.1) is 0 Å². The Morgan fingerprint density at radius 3 is 2.61 bits per heavy atom. The van der Waals surface area contributed by atoms with Crippen LogP contribution in [0.3, 0.4) is 0 Å². The highest BCUT2D eigenvalue weighted by Crippen LogP contribution is 2.31. The third-order valence-corrected chi connectivity index (χ3v) is 5.15. The van der Waals surface area contributed by atoms with E-state index in [2.05, 4.69) is 14.9 Å². The monoisotopic (exact) mass is 324 g/mol. The van der Waals surface area contributed by atoms with Crippen LogP contribution in [0.1, 0.15) is 0 Å². The zero-order chi connectivity index (χ0) is 13.3. The van der Waals surface area contributed by atoms with Gasteiger partial charge >= 0.3 is 0 Å². The van der Waals surface area contributed by atoms with Crippen LogP contribution in [0.15, 0.2) is 22.5 Å². The topological polar surface area (TPSA) is 98.0 Å². The fourth-order valence-corrected chi connectivity index (χ4v) is 3.36. The van der Waals surface area contributed by atoms with Gasteiger partial charge in [-0.25, -0.2) is 0 Å². The minimum Gasteiger partial charge on any atom is -0.374 e. The lowest BCUT2D eigenvalue weighted by molar-refractivity contribution is 0.599. The number of hydrogen-bond acceptors (Lipinski definition) is 6. The van der Waals surface area contributed by atoms with Crippen molar-refractivity contribution in [3.8, 4) is 0 Å². The SMILES string of the molecule is Nc1nnc(S(=O)(=O)Nc2cccc(Cl)c2Cl)s1. The molecule has 0 amide bonds. The number of benzene rings is 1. The first kappa shape index (κ1) is 13.3. The fraction of sp³-hybridized carbons (Fsp3) is 0. The Kier molecular flexibility index (Phi) is 3.62. The van der Waals surface area contributed by atoms with E-state index in [0.717, 1.165) is 11.3 Å². The van der Waals surface area contributed by atoms with Gasteiger partial charge in [-0.2, -0.15) is 8.42 Å². The average Bonchev–Trinajstić information content (AvgIpc) is 2.72. The summed E-state index contributed by atoms with van der Waals surface area (Å²) in [7, 11) is -3.86. The predicted molar refractivity (Wildman–Crippen MR) is 71.6 cm³/mol. The summed E-state index contributed by atoms with van der Waals surface area (Å²) >= 11 is 12.4. The van der Waals surface area contributed by atoms with E-state index in [-0.39, 0.29) is 25.2 Å². The summed E-state index contributed by atoms with van der Waals surface area (Å²) in [5.41, 5.74) is 5.49. The molecule has 3 N–H and O–H groups in total. The van der Waals surface area contributed by atoms with Crippen molar-refractivity contribution in [1.82, 2.24) is 10.2 Å². The van der Waals surface area contributed by atoms with Crippen molar-refractivity contribution in [2.45, 2.75) is 4.34 Å². The molecule has 0 atom stereocenters. The molecule has 2 rings (SSSR count). The minimum absolute atomic E-state index is 0.0626. The van der Waals surface area contributed by atoms with E-state index in [1.54, 1.807) is 12.1 Å². The second-order valence-corrected chi connectivity index (χ2v) is 6.76. The zero-order valence-corrected chi connectivity index (χ0v) is 11.7. The molecule has 0 aliphatic carbocycles. The van der Waals surface area contributed by atoms with E-state index in [4.69, 9.17) is 28.9 Å². The maximum absolute atomic E-state index is 11.9. The molecule has 1 heterocycles. The summed E-state index contributed by atoms with van der Waals surface area (Å²) in [5, 5.41) is 7.30. The molecule has 0 radical (unpaired) electrons. The van der Waals surface area contributed by atoms with Crippen molar-refractivity contribution in [2.75, 3.05) is 10.5 Å². The van der Waals surface area contributed by atoms with Gasteiger partial charge in [0.1, 0.15) is 0 Å². The molecule has 2 aromatic rings. The molecule has 6 nitrogen and oxygen atoms in total. The zero-order valence-electron chi connectivity index (χ0n) is 8.59. The van der Waals surface area contributed by atoms with Gasteiger partial charge in [0.15, 0.2) is 0 Å². The average molecular weight is 325 g/mol. The minimum atomic E-state index is -3.86. The molecule has 1 aromatic heterocycles. The molecule has 0 unspecified atom stereocenters. The van der Waals surface area contributed by atoms with Crippen molar-refractivity contribution in [1.29, 1.82) is 0 Å².